The van der Waals surface area contributed by atoms with Crippen molar-refractivity contribution in [2.75, 3.05) is 0 Å². The van der Waals surface area contributed by atoms with Gasteiger partial charge < -0.3 is 8.83 Å². The lowest BCUT2D eigenvalue weighted by atomic mass is 10.1. The summed E-state index contributed by atoms with van der Waals surface area (Å²) >= 11 is 0. The number of para-hydroxylation sites is 1. The molecule has 0 saturated carbocycles. The quantitative estimate of drug-likeness (QED) is 0.437. The standard InChI is InChI=1S/C15H8O3/c16-15-6-5-9-7-11-10-3-1-2-4-12(10)17-14(11)8-13(9)18-15/h1-8H. The first-order valence-electron chi connectivity index (χ1n) is 5.66. The molecule has 0 aliphatic rings. The van der Waals surface area contributed by atoms with Gasteiger partial charge in [-0.25, -0.2) is 4.79 Å². The van der Waals surface area contributed by atoms with E-state index in [0.717, 1.165) is 27.3 Å². The predicted octanol–water partition coefficient (Wildman–Crippen LogP) is 3.69. The molecule has 0 saturated heterocycles. The number of hydrogen-bond donors (Lipinski definition) is 0. The minimum atomic E-state index is -0.349. The molecule has 0 amide bonds. The van der Waals surface area contributed by atoms with Crippen LogP contribution in [0.4, 0.5) is 0 Å². The maximum absolute atomic E-state index is 11.2. The summed E-state index contributed by atoms with van der Waals surface area (Å²) in [6.07, 6.45) is 0. The molecule has 0 fully saturated rings. The summed E-state index contributed by atoms with van der Waals surface area (Å²) < 4.78 is 10.9. The van der Waals surface area contributed by atoms with Gasteiger partial charge in [0.15, 0.2) is 0 Å². The van der Waals surface area contributed by atoms with Gasteiger partial charge in [0.1, 0.15) is 16.7 Å². The van der Waals surface area contributed by atoms with Crippen LogP contribution in [0.5, 0.6) is 0 Å². The van der Waals surface area contributed by atoms with Gasteiger partial charge in [0.05, 0.1) is 0 Å². The number of hydrogen-bond acceptors (Lipinski definition) is 3. The van der Waals surface area contributed by atoms with Gasteiger partial charge in [-0.2, -0.15) is 0 Å². The molecule has 2 aromatic carbocycles. The van der Waals surface area contributed by atoms with E-state index in [0.29, 0.717) is 5.58 Å². The van der Waals surface area contributed by atoms with Crippen molar-refractivity contribution in [3.05, 3.63) is 59.0 Å². The number of furan rings is 1. The van der Waals surface area contributed by atoms with Crippen molar-refractivity contribution in [3.8, 4) is 0 Å². The van der Waals surface area contributed by atoms with E-state index >= 15 is 0 Å². The molecular weight excluding hydrogens is 228 g/mol. The van der Waals surface area contributed by atoms with Crippen LogP contribution in [0.25, 0.3) is 32.9 Å². The second-order valence-electron chi connectivity index (χ2n) is 4.24. The Morgan fingerprint density at radius 1 is 0.722 bits per heavy atom. The number of fused-ring (bicyclic) bond motifs is 4. The predicted molar refractivity (Wildman–Crippen MR) is 69.8 cm³/mol. The zero-order valence-electron chi connectivity index (χ0n) is 9.34. The fraction of sp³-hybridized carbons (Fsp3) is 0. The molecule has 2 heterocycles. The summed E-state index contributed by atoms with van der Waals surface area (Å²) in [6.45, 7) is 0. The average molecular weight is 236 g/mol. The van der Waals surface area contributed by atoms with Crippen molar-refractivity contribution in [2.45, 2.75) is 0 Å². The summed E-state index contributed by atoms with van der Waals surface area (Å²) in [5.74, 6) is 0. The molecular formula is C15H8O3. The SMILES string of the molecule is O=c1ccc2cc3c(cc2o1)oc1ccccc13. The molecule has 86 valence electrons. The highest BCUT2D eigenvalue weighted by molar-refractivity contribution is 6.09. The Morgan fingerprint density at radius 2 is 1.61 bits per heavy atom. The maximum Gasteiger partial charge on any atom is 0.336 e. The van der Waals surface area contributed by atoms with E-state index in [-0.39, 0.29) is 5.63 Å². The van der Waals surface area contributed by atoms with Crippen LogP contribution in [0.15, 0.2) is 62.2 Å². The van der Waals surface area contributed by atoms with Crippen LogP contribution >= 0.6 is 0 Å². The largest absolute Gasteiger partial charge is 0.456 e. The van der Waals surface area contributed by atoms with Crippen LogP contribution in [0.1, 0.15) is 0 Å². The Balaban J connectivity index is 2.27. The maximum atomic E-state index is 11.2. The molecule has 0 radical (unpaired) electrons. The normalized spacial score (nSPS) is 11.6. The minimum Gasteiger partial charge on any atom is -0.456 e. The first-order chi connectivity index (χ1) is 8.81. The first-order valence-corrected chi connectivity index (χ1v) is 5.66. The van der Waals surface area contributed by atoms with Crippen LogP contribution in [-0.4, -0.2) is 0 Å². The lowest BCUT2D eigenvalue weighted by Gasteiger charge is -1.95. The second-order valence-corrected chi connectivity index (χ2v) is 4.24. The van der Waals surface area contributed by atoms with Crippen molar-refractivity contribution < 1.29 is 8.83 Å². The topological polar surface area (TPSA) is 43.4 Å². The monoisotopic (exact) mass is 236 g/mol. The van der Waals surface area contributed by atoms with E-state index in [1.807, 2.05) is 30.3 Å². The van der Waals surface area contributed by atoms with Gasteiger partial charge >= 0.3 is 5.63 Å². The Morgan fingerprint density at radius 3 is 2.56 bits per heavy atom. The molecule has 0 spiro atoms. The van der Waals surface area contributed by atoms with E-state index in [9.17, 15) is 4.79 Å². The van der Waals surface area contributed by atoms with Crippen LogP contribution < -0.4 is 5.63 Å². The molecule has 0 aliphatic heterocycles. The highest BCUT2D eigenvalue weighted by atomic mass is 16.4. The zero-order valence-corrected chi connectivity index (χ0v) is 9.34. The van der Waals surface area contributed by atoms with Crippen LogP contribution in [0.2, 0.25) is 0 Å². The highest BCUT2D eigenvalue weighted by Crippen LogP contribution is 2.31. The van der Waals surface area contributed by atoms with Crippen molar-refractivity contribution in [1.82, 2.24) is 0 Å². The molecule has 0 N–H and O–H groups in total. The van der Waals surface area contributed by atoms with Crippen molar-refractivity contribution in [1.29, 1.82) is 0 Å². The number of rotatable bonds is 0. The molecule has 2 aromatic heterocycles. The first kappa shape index (κ1) is 9.48. The molecule has 0 unspecified atom stereocenters. The Labute approximate surface area is 101 Å². The van der Waals surface area contributed by atoms with Gasteiger partial charge in [0, 0.05) is 28.3 Å². The molecule has 4 rings (SSSR count). The van der Waals surface area contributed by atoms with E-state index in [1.54, 1.807) is 12.1 Å². The van der Waals surface area contributed by atoms with Gasteiger partial charge in [0.2, 0.25) is 0 Å². The molecule has 3 nitrogen and oxygen atoms in total. The smallest absolute Gasteiger partial charge is 0.336 e. The third kappa shape index (κ3) is 1.21. The van der Waals surface area contributed by atoms with Crippen molar-refractivity contribution >= 4 is 32.9 Å². The molecule has 0 atom stereocenters. The van der Waals surface area contributed by atoms with Crippen LogP contribution in [0, 0.1) is 0 Å². The summed E-state index contributed by atoms with van der Waals surface area (Å²) in [4.78, 5) is 11.2. The average Bonchev–Trinajstić information content (AvgIpc) is 2.73. The van der Waals surface area contributed by atoms with Crippen molar-refractivity contribution in [2.24, 2.45) is 0 Å². The summed E-state index contributed by atoms with van der Waals surface area (Å²) in [6, 6.07) is 14.8. The van der Waals surface area contributed by atoms with E-state index in [2.05, 4.69) is 0 Å². The summed E-state index contributed by atoms with van der Waals surface area (Å²) in [7, 11) is 0. The van der Waals surface area contributed by atoms with Gasteiger partial charge in [-0.15, -0.1) is 0 Å². The minimum absolute atomic E-state index is 0.349. The van der Waals surface area contributed by atoms with Crippen molar-refractivity contribution in [3.63, 3.8) is 0 Å². The van der Waals surface area contributed by atoms with Gasteiger partial charge in [-0.3, -0.25) is 0 Å². The van der Waals surface area contributed by atoms with Crippen LogP contribution in [-0.2, 0) is 0 Å². The molecule has 4 aromatic rings. The molecule has 0 aliphatic carbocycles. The Bertz CT molecular complexity index is 944. The second kappa shape index (κ2) is 3.23. The van der Waals surface area contributed by atoms with Gasteiger partial charge in [-0.05, 0) is 18.2 Å². The Hall–Kier alpha value is -2.55. The number of benzene rings is 2. The summed E-state index contributed by atoms with van der Waals surface area (Å²) in [5, 5.41) is 3.00. The molecule has 0 bridgehead atoms. The van der Waals surface area contributed by atoms with E-state index in [4.69, 9.17) is 8.83 Å². The van der Waals surface area contributed by atoms with E-state index in [1.165, 1.54) is 6.07 Å². The lowest BCUT2D eigenvalue weighted by molar-refractivity contribution is 0.560. The fourth-order valence-electron chi connectivity index (χ4n) is 2.29. The lowest BCUT2D eigenvalue weighted by Crippen LogP contribution is -1.93. The third-order valence-electron chi connectivity index (χ3n) is 3.12. The zero-order chi connectivity index (χ0) is 12.1. The van der Waals surface area contributed by atoms with Gasteiger partial charge in [-0.1, -0.05) is 18.2 Å². The highest BCUT2D eigenvalue weighted by Gasteiger charge is 2.08. The molecule has 18 heavy (non-hydrogen) atoms. The third-order valence-corrected chi connectivity index (χ3v) is 3.12. The van der Waals surface area contributed by atoms with E-state index < -0.39 is 0 Å². The Kier molecular flexibility index (Phi) is 1.70. The van der Waals surface area contributed by atoms with Gasteiger partial charge in [0.25, 0.3) is 0 Å². The summed E-state index contributed by atoms with van der Waals surface area (Å²) in [5.41, 5.74) is 1.77. The fourth-order valence-corrected chi connectivity index (χ4v) is 2.29. The van der Waals surface area contributed by atoms with Crippen LogP contribution in [0.3, 0.4) is 0 Å². The molecule has 3 heteroatoms.